The van der Waals surface area contributed by atoms with Gasteiger partial charge in [-0.05, 0) is 45.9 Å². The Morgan fingerprint density at radius 2 is 1.93 bits per heavy atom. The van der Waals surface area contributed by atoms with Crippen LogP contribution in [0.5, 0.6) is 5.75 Å². The number of anilines is 2. The Kier molecular flexibility index (Phi) is 5.34. The van der Waals surface area contributed by atoms with Gasteiger partial charge in [0.05, 0.1) is 18.5 Å². The van der Waals surface area contributed by atoms with Crippen LogP contribution >= 0.6 is 0 Å². The van der Waals surface area contributed by atoms with Gasteiger partial charge in [0.1, 0.15) is 11.4 Å². The lowest BCUT2D eigenvalue weighted by Gasteiger charge is -2.38. The van der Waals surface area contributed by atoms with Crippen LogP contribution in [0, 0.1) is 13.8 Å². The molecule has 0 saturated carbocycles. The topological polar surface area (TPSA) is 96.7 Å². The summed E-state index contributed by atoms with van der Waals surface area (Å²) in [4.78, 5) is 2.28. The fourth-order valence-electron chi connectivity index (χ4n) is 3.59. The standard InChI is InChI=1S/C18H26N4O4S/c1-11-9-22(10-12(2)19-11)16-8-15(6-7-17(16)25-5)21-27(23,24)18-13(3)20-26-14(18)4/h6-8,11-12,19,21H,9-10H2,1-5H3/t11-,12+. The van der Waals surface area contributed by atoms with Crippen LogP contribution in [0.3, 0.4) is 0 Å². The van der Waals surface area contributed by atoms with Crippen LogP contribution in [0.2, 0.25) is 0 Å². The van der Waals surface area contributed by atoms with Crippen molar-refractivity contribution in [3.8, 4) is 5.75 Å². The number of rotatable bonds is 5. The molecule has 0 aliphatic carbocycles. The number of nitrogens with one attached hydrogen (secondary N) is 2. The molecule has 0 radical (unpaired) electrons. The molecule has 3 rings (SSSR count). The summed E-state index contributed by atoms with van der Waals surface area (Å²) in [6.45, 7) is 9.05. The average molecular weight is 394 g/mol. The molecule has 1 aromatic heterocycles. The van der Waals surface area contributed by atoms with Gasteiger partial charge >= 0.3 is 0 Å². The highest BCUT2D eigenvalue weighted by atomic mass is 32.2. The average Bonchev–Trinajstić information content (AvgIpc) is 2.93. The van der Waals surface area contributed by atoms with Crippen molar-refractivity contribution in [2.75, 3.05) is 29.8 Å². The Hall–Kier alpha value is -2.26. The predicted octanol–water partition coefficient (Wildman–Crippen LogP) is 2.29. The van der Waals surface area contributed by atoms with Gasteiger partial charge in [0.2, 0.25) is 0 Å². The summed E-state index contributed by atoms with van der Waals surface area (Å²) >= 11 is 0. The Bertz CT molecular complexity index is 896. The first-order valence-electron chi connectivity index (χ1n) is 8.86. The van der Waals surface area contributed by atoms with E-state index in [2.05, 4.69) is 33.9 Å². The summed E-state index contributed by atoms with van der Waals surface area (Å²) in [5, 5.41) is 7.22. The third kappa shape index (κ3) is 4.03. The maximum absolute atomic E-state index is 12.8. The number of hydrogen-bond donors (Lipinski definition) is 2. The summed E-state index contributed by atoms with van der Waals surface area (Å²) in [6, 6.07) is 5.91. The quantitative estimate of drug-likeness (QED) is 0.803. The molecule has 1 aromatic carbocycles. The normalized spacial score (nSPS) is 20.6. The van der Waals surface area contributed by atoms with E-state index in [-0.39, 0.29) is 10.7 Å². The Morgan fingerprint density at radius 3 is 2.48 bits per heavy atom. The van der Waals surface area contributed by atoms with Gasteiger partial charge in [-0.3, -0.25) is 4.72 Å². The molecular weight excluding hydrogens is 368 g/mol. The van der Waals surface area contributed by atoms with Crippen LogP contribution in [0.25, 0.3) is 0 Å². The number of aromatic nitrogens is 1. The van der Waals surface area contributed by atoms with E-state index in [4.69, 9.17) is 9.26 Å². The Morgan fingerprint density at radius 1 is 1.26 bits per heavy atom. The van der Waals surface area contributed by atoms with Crippen molar-refractivity contribution >= 4 is 21.4 Å². The third-order valence-electron chi connectivity index (χ3n) is 4.57. The molecule has 0 spiro atoms. The molecule has 27 heavy (non-hydrogen) atoms. The largest absolute Gasteiger partial charge is 0.495 e. The van der Waals surface area contributed by atoms with Crippen LogP contribution in [-0.2, 0) is 10.0 Å². The fourth-order valence-corrected chi connectivity index (χ4v) is 4.97. The first-order chi connectivity index (χ1) is 12.7. The molecule has 0 bridgehead atoms. The maximum atomic E-state index is 12.8. The van der Waals surface area contributed by atoms with Gasteiger partial charge in [-0.2, -0.15) is 0 Å². The van der Waals surface area contributed by atoms with Crippen molar-refractivity contribution in [3.63, 3.8) is 0 Å². The number of benzene rings is 1. The van der Waals surface area contributed by atoms with Gasteiger partial charge in [-0.15, -0.1) is 0 Å². The molecular formula is C18H26N4O4S. The lowest BCUT2D eigenvalue weighted by Crippen LogP contribution is -2.54. The summed E-state index contributed by atoms with van der Waals surface area (Å²) in [7, 11) is -2.19. The SMILES string of the molecule is COc1ccc(NS(=O)(=O)c2c(C)noc2C)cc1N1C[C@@H](C)N[C@@H](C)C1. The number of nitrogens with zero attached hydrogens (tertiary/aromatic N) is 2. The summed E-state index contributed by atoms with van der Waals surface area (Å²) in [6.07, 6.45) is 0. The van der Waals surface area contributed by atoms with Gasteiger partial charge in [0.25, 0.3) is 10.0 Å². The zero-order valence-electron chi connectivity index (χ0n) is 16.2. The molecule has 9 heteroatoms. The van der Waals surface area contributed by atoms with Crippen LogP contribution in [0.1, 0.15) is 25.3 Å². The van der Waals surface area contributed by atoms with Crippen LogP contribution in [-0.4, -0.2) is 45.9 Å². The van der Waals surface area contributed by atoms with E-state index in [1.54, 1.807) is 39.2 Å². The van der Waals surface area contributed by atoms with E-state index in [0.717, 1.165) is 18.8 Å². The van der Waals surface area contributed by atoms with Crippen LogP contribution < -0.4 is 19.7 Å². The highest BCUT2D eigenvalue weighted by Gasteiger charge is 2.26. The molecule has 1 saturated heterocycles. The smallest absolute Gasteiger partial charge is 0.267 e. The maximum Gasteiger partial charge on any atom is 0.267 e. The van der Waals surface area contributed by atoms with Gasteiger partial charge < -0.3 is 19.5 Å². The van der Waals surface area contributed by atoms with Crippen molar-refractivity contribution in [1.29, 1.82) is 0 Å². The molecule has 1 aliphatic rings. The Balaban J connectivity index is 1.94. The highest BCUT2D eigenvalue weighted by Crippen LogP contribution is 2.33. The van der Waals surface area contributed by atoms with E-state index in [9.17, 15) is 8.42 Å². The molecule has 8 nitrogen and oxygen atoms in total. The lowest BCUT2D eigenvalue weighted by molar-refractivity contribution is 0.390. The molecule has 2 aromatic rings. The van der Waals surface area contributed by atoms with Gasteiger partial charge in [0, 0.05) is 25.2 Å². The third-order valence-corrected chi connectivity index (χ3v) is 6.19. The van der Waals surface area contributed by atoms with Crippen molar-refractivity contribution in [2.24, 2.45) is 0 Å². The monoisotopic (exact) mass is 394 g/mol. The first-order valence-corrected chi connectivity index (χ1v) is 10.3. The van der Waals surface area contributed by atoms with Crippen molar-refractivity contribution in [1.82, 2.24) is 10.5 Å². The van der Waals surface area contributed by atoms with Gasteiger partial charge in [-0.1, -0.05) is 5.16 Å². The minimum absolute atomic E-state index is 0.0734. The molecule has 0 unspecified atom stereocenters. The number of piperazine rings is 1. The number of ether oxygens (including phenoxy) is 1. The number of sulfonamides is 1. The van der Waals surface area contributed by atoms with E-state index in [1.165, 1.54) is 0 Å². The zero-order valence-corrected chi connectivity index (χ0v) is 17.1. The number of methoxy groups -OCH3 is 1. The van der Waals surface area contributed by atoms with Crippen LogP contribution in [0.15, 0.2) is 27.6 Å². The second-order valence-corrected chi connectivity index (χ2v) is 8.64. The highest BCUT2D eigenvalue weighted by molar-refractivity contribution is 7.92. The first kappa shape index (κ1) is 19.5. The minimum Gasteiger partial charge on any atom is -0.495 e. The molecule has 2 heterocycles. The van der Waals surface area contributed by atoms with Gasteiger partial charge in [0.15, 0.2) is 10.7 Å². The lowest BCUT2D eigenvalue weighted by atomic mass is 10.1. The van der Waals surface area contributed by atoms with Crippen molar-refractivity contribution < 1.29 is 17.7 Å². The second-order valence-electron chi connectivity index (χ2n) is 7.02. The van der Waals surface area contributed by atoms with Gasteiger partial charge in [-0.25, -0.2) is 8.42 Å². The summed E-state index contributed by atoms with van der Waals surface area (Å²) in [5.74, 6) is 0.968. The molecule has 2 atom stereocenters. The molecule has 148 valence electrons. The fraction of sp³-hybridized carbons (Fsp3) is 0.500. The van der Waals surface area contributed by atoms with E-state index in [1.807, 2.05) is 0 Å². The molecule has 1 aliphatic heterocycles. The molecule has 2 N–H and O–H groups in total. The van der Waals surface area contributed by atoms with Crippen molar-refractivity contribution in [2.45, 2.75) is 44.7 Å². The van der Waals surface area contributed by atoms with E-state index >= 15 is 0 Å². The van der Waals surface area contributed by atoms with E-state index < -0.39 is 10.0 Å². The second kappa shape index (κ2) is 7.40. The molecule has 0 amide bonds. The van der Waals surface area contributed by atoms with E-state index in [0.29, 0.717) is 29.2 Å². The predicted molar refractivity (Wildman–Crippen MR) is 104 cm³/mol. The zero-order chi connectivity index (χ0) is 19.8. The van der Waals surface area contributed by atoms with Crippen LogP contribution in [0.4, 0.5) is 11.4 Å². The Labute approximate surface area is 159 Å². The number of aryl methyl sites for hydroxylation is 2. The minimum atomic E-state index is -3.80. The molecule has 1 fully saturated rings. The summed E-state index contributed by atoms with van der Waals surface area (Å²) < 4.78 is 38.7. The van der Waals surface area contributed by atoms with Crippen molar-refractivity contribution in [3.05, 3.63) is 29.7 Å². The summed E-state index contributed by atoms with van der Waals surface area (Å²) in [5.41, 5.74) is 1.65. The number of hydrogen-bond acceptors (Lipinski definition) is 7.